The van der Waals surface area contributed by atoms with Crippen LogP contribution < -0.4 is 5.32 Å². The topological polar surface area (TPSA) is 79.7 Å². The number of aromatic nitrogens is 2. The van der Waals surface area contributed by atoms with E-state index in [9.17, 15) is 9.59 Å². The molecular weight excluding hydrogens is 490 g/mol. The maximum atomic E-state index is 12.8. The second kappa shape index (κ2) is 11.9. The Labute approximate surface area is 223 Å². The molecule has 1 saturated heterocycles. The third-order valence-electron chi connectivity index (χ3n) is 7.23. The minimum Gasteiger partial charge on any atom is -0.379 e. The summed E-state index contributed by atoms with van der Waals surface area (Å²) in [5.41, 5.74) is 4.76. The second-order valence-corrected chi connectivity index (χ2v) is 9.68. The Morgan fingerprint density at radius 1 is 1.24 bits per heavy atom. The third kappa shape index (κ3) is 6.21. The van der Waals surface area contributed by atoms with E-state index in [2.05, 4.69) is 38.0 Å². The first-order valence-corrected chi connectivity index (χ1v) is 12.5. The van der Waals surface area contributed by atoms with Gasteiger partial charge in [-0.2, -0.15) is 0 Å². The number of fused-ring (bicyclic) bond motifs is 2. The van der Waals surface area contributed by atoms with Crippen LogP contribution in [0.4, 0.5) is 5.69 Å². The van der Waals surface area contributed by atoms with Crippen LogP contribution in [0.1, 0.15) is 23.4 Å². The molecule has 0 saturated carbocycles. The van der Waals surface area contributed by atoms with Crippen molar-refractivity contribution >= 4 is 46.9 Å². The number of hydrogen-bond donors (Lipinski definition) is 1. The molecule has 196 valence electrons. The smallest absolute Gasteiger partial charge is 0.246 e. The van der Waals surface area contributed by atoms with Crippen molar-refractivity contribution in [1.82, 2.24) is 19.4 Å². The van der Waals surface area contributed by atoms with Crippen LogP contribution in [0.25, 0.3) is 17.0 Å². The number of hydrogen-bond acceptors (Lipinski definition) is 5. The van der Waals surface area contributed by atoms with Crippen molar-refractivity contribution in [2.75, 3.05) is 45.2 Å². The van der Waals surface area contributed by atoms with Gasteiger partial charge in [0.15, 0.2) is 0 Å². The molecule has 2 aliphatic rings. The van der Waals surface area contributed by atoms with Crippen LogP contribution in [-0.4, -0.2) is 71.1 Å². The fourth-order valence-electron chi connectivity index (χ4n) is 4.98. The first-order valence-electron chi connectivity index (χ1n) is 12.5. The zero-order valence-electron chi connectivity index (χ0n) is 21.4. The fraction of sp³-hybridized carbons (Fsp3) is 0.393. The van der Waals surface area contributed by atoms with Crippen LogP contribution in [0.2, 0.25) is 0 Å². The van der Waals surface area contributed by atoms with Crippen molar-refractivity contribution in [3.63, 3.8) is 0 Å². The average molecular weight is 524 g/mol. The number of nitrogens with zero attached hydrogens (tertiary/aromatic N) is 4. The lowest BCUT2D eigenvalue weighted by Crippen LogP contribution is -2.39. The molecule has 1 unspecified atom stereocenters. The maximum Gasteiger partial charge on any atom is 0.246 e. The molecule has 2 aliphatic heterocycles. The summed E-state index contributed by atoms with van der Waals surface area (Å²) in [6.07, 6.45) is 6.50. The second-order valence-electron chi connectivity index (χ2n) is 9.68. The first kappa shape index (κ1) is 26.9. The van der Waals surface area contributed by atoms with E-state index >= 15 is 0 Å². The molecule has 3 aromatic rings. The van der Waals surface area contributed by atoms with Crippen LogP contribution >= 0.6 is 12.4 Å². The van der Waals surface area contributed by atoms with Crippen molar-refractivity contribution in [1.29, 1.82) is 0 Å². The number of benzene rings is 1. The summed E-state index contributed by atoms with van der Waals surface area (Å²) in [6.45, 7) is 4.78. The van der Waals surface area contributed by atoms with Gasteiger partial charge in [-0.1, -0.05) is 18.2 Å². The van der Waals surface area contributed by atoms with Gasteiger partial charge in [0.1, 0.15) is 0 Å². The van der Waals surface area contributed by atoms with Crippen LogP contribution in [0, 0.1) is 5.92 Å². The number of ether oxygens (including phenoxy) is 1. The number of amides is 2. The van der Waals surface area contributed by atoms with Gasteiger partial charge in [0.05, 0.1) is 37.3 Å². The van der Waals surface area contributed by atoms with Crippen molar-refractivity contribution < 1.29 is 14.3 Å². The first-order chi connectivity index (χ1) is 17.5. The lowest BCUT2D eigenvalue weighted by molar-refractivity contribution is -0.125. The van der Waals surface area contributed by atoms with Crippen molar-refractivity contribution in [2.24, 2.45) is 13.0 Å². The normalized spacial score (nSPS) is 17.9. The Balaban J connectivity index is 0.00000320. The number of morpholine rings is 1. The molecule has 2 amide bonds. The van der Waals surface area contributed by atoms with Gasteiger partial charge in [-0.3, -0.25) is 19.5 Å². The zero-order chi connectivity index (χ0) is 25.1. The summed E-state index contributed by atoms with van der Waals surface area (Å²) in [6, 6.07) is 12.3. The number of halogens is 1. The Bertz CT molecular complexity index is 1300. The van der Waals surface area contributed by atoms with Gasteiger partial charge in [-0.25, -0.2) is 0 Å². The van der Waals surface area contributed by atoms with Gasteiger partial charge in [0, 0.05) is 50.4 Å². The Morgan fingerprint density at radius 2 is 2.03 bits per heavy atom. The Hall–Kier alpha value is -3.20. The van der Waals surface area contributed by atoms with Gasteiger partial charge in [0.25, 0.3) is 0 Å². The van der Waals surface area contributed by atoms with Crippen molar-refractivity contribution in [3.05, 3.63) is 65.6 Å². The molecule has 2 aromatic heterocycles. The van der Waals surface area contributed by atoms with E-state index in [1.165, 1.54) is 5.39 Å². The van der Waals surface area contributed by atoms with E-state index in [0.29, 0.717) is 18.7 Å². The molecule has 0 aliphatic carbocycles. The minimum atomic E-state index is -0.0866. The average Bonchev–Trinajstić information content (AvgIpc) is 3.21. The zero-order valence-corrected chi connectivity index (χ0v) is 22.2. The van der Waals surface area contributed by atoms with Crippen molar-refractivity contribution in [3.8, 4) is 0 Å². The summed E-state index contributed by atoms with van der Waals surface area (Å²) in [5, 5.41) is 4.17. The Kier molecular flexibility index (Phi) is 8.63. The van der Waals surface area contributed by atoms with E-state index in [0.717, 1.165) is 61.7 Å². The highest BCUT2D eigenvalue weighted by molar-refractivity contribution is 5.96. The van der Waals surface area contributed by atoms with E-state index in [-0.39, 0.29) is 30.1 Å². The number of rotatable bonds is 7. The highest BCUT2D eigenvalue weighted by Gasteiger charge is 2.27. The van der Waals surface area contributed by atoms with Gasteiger partial charge in [-0.15, -0.1) is 12.4 Å². The van der Waals surface area contributed by atoms with E-state index in [4.69, 9.17) is 4.74 Å². The SMILES string of the molecule is CN(Cc1cc2ccccc2n1C)C(=O)/C=C/c1cc2c(cn1)NC(=O)C(CCN1CCOCC1)C2.Cl. The number of anilines is 1. The molecule has 37 heavy (non-hydrogen) atoms. The van der Waals surface area contributed by atoms with E-state index < -0.39 is 0 Å². The predicted molar refractivity (Wildman–Crippen MR) is 148 cm³/mol. The summed E-state index contributed by atoms with van der Waals surface area (Å²) < 4.78 is 7.53. The van der Waals surface area contributed by atoms with Crippen LogP contribution in [-0.2, 0) is 34.3 Å². The molecule has 0 radical (unpaired) electrons. The molecule has 0 bridgehead atoms. The van der Waals surface area contributed by atoms with Gasteiger partial charge in [0.2, 0.25) is 11.8 Å². The van der Waals surface area contributed by atoms with Crippen LogP contribution in [0.15, 0.2) is 48.7 Å². The Morgan fingerprint density at radius 3 is 2.81 bits per heavy atom. The highest BCUT2D eigenvalue weighted by Crippen LogP contribution is 2.28. The van der Waals surface area contributed by atoms with Crippen molar-refractivity contribution in [2.45, 2.75) is 19.4 Å². The van der Waals surface area contributed by atoms with Gasteiger partial charge in [-0.05, 0) is 54.6 Å². The summed E-state index contributed by atoms with van der Waals surface area (Å²) in [7, 11) is 3.83. The fourth-order valence-corrected chi connectivity index (χ4v) is 4.98. The van der Waals surface area contributed by atoms with Gasteiger partial charge < -0.3 is 19.5 Å². The van der Waals surface area contributed by atoms with E-state index in [1.54, 1.807) is 30.3 Å². The number of pyridine rings is 1. The standard InChI is InChI=1S/C28H33N5O3.ClH/c1-31(19-24-17-20-5-3-4-6-26(20)32(24)2)27(34)8-7-23-16-22-15-21(28(35)30-25(22)18-29-23)9-10-33-11-13-36-14-12-33;/h3-8,16-18,21H,9-15,19H2,1-2H3,(H,30,35);1H/b8-7+;. The number of para-hydroxylation sites is 1. The largest absolute Gasteiger partial charge is 0.379 e. The van der Waals surface area contributed by atoms with Gasteiger partial charge >= 0.3 is 0 Å². The van der Waals surface area contributed by atoms with Crippen LogP contribution in [0.5, 0.6) is 0 Å². The third-order valence-corrected chi connectivity index (χ3v) is 7.23. The number of likely N-dealkylation sites (N-methyl/N-ethyl adjacent to an activating group) is 1. The molecular formula is C28H34ClN5O3. The summed E-state index contributed by atoms with van der Waals surface area (Å²) in [4.78, 5) is 33.9. The lowest BCUT2D eigenvalue weighted by Gasteiger charge is -2.30. The molecule has 9 heteroatoms. The molecule has 1 aromatic carbocycles. The van der Waals surface area contributed by atoms with E-state index in [1.807, 2.05) is 25.2 Å². The molecule has 1 atom stereocenters. The maximum absolute atomic E-state index is 12.8. The molecule has 4 heterocycles. The predicted octanol–water partition coefficient (Wildman–Crippen LogP) is 3.50. The summed E-state index contributed by atoms with van der Waals surface area (Å²) >= 11 is 0. The lowest BCUT2D eigenvalue weighted by atomic mass is 9.91. The molecule has 8 nitrogen and oxygen atoms in total. The monoisotopic (exact) mass is 523 g/mol. The number of carbonyl (C=O) groups excluding carboxylic acids is 2. The highest BCUT2D eigenvalue weighted by atomic mass is 35.5. The minimum absolute atomic E-state index is 0. The molecule has 5 rings (SSSR count). The number of nitrogens with one attached hydrogen (secondary N) is 1. The molecule has 1 N–H and O–H groups in total. The quantitative estimate of drug-likeness (QED) is 0.479. The molecule has 0 spiro atoms. The van der Waals surface area contributed by atoms with Crippen LogP contribution in [0.3, 0.4) is 0 Å². The number of aryl methyl sites for hydroxylation is 1. The summed E-state index contributed by atoms with van der Waals surface area (Å²) in [5.74, 6) is -0.0874. The number of carbonyl (C=O) groups is 2. The molecule has 1 fully saturated rings.